The number of rotatable bonds is 7. The smallest absolute Gasteiger partial charge is 0.353 e. The van der Waals surface area contributed by atoms with Gasteiger partial charge in [-0.3, -0.25) is 0 Å². The zero-order valence-corrected chi connectivity index (χ0v) is 17.0. The average Bonchev–Trinajstić information content (AvgIpc) is 2.67. The summed E-state index contributed by atoms with van der Waals surface area (Å²) in [6.45, 7) is 1.89. The zero-order valence-electron chi connectivity index (χ0n) is 16.2. The van der Waals surface area contributed by atoms with Crippen LogP contribution in [0.25, 0.3) is 11.1 Å². The average molecular weight is 453 g/mol. The Morgan fingerprint density at radius 3 is 2.39 bits per heavy atom. The van der Waals surface area contributed by atoms with Crippen molar-refractivity contribution in [1.29, 1.82) is 0 Å². The third-order valence-electron chi connectivity index (χ3n) is 3.93. The predicted octanol–water partition coefficient (Wildman–Crippen LogP) is 2.70. The summed E-state index contributed by atoms with van der Waals surface area (Å²) in [5, 5.41) is 10.5. The third kappa shape index (κ3) is 6.58. The Morgan fingerprint density at radius 1 is 1.03 bits per heavy atom. The number of anilines is 3. The van der Waals surface area contributed by atoms with Crippen LogP contribution in [0.1, 0.15) is 11.3 Å². The van der Waals surface area contributed by atoms with Gasteiger partial charge in [-0.15, -0.1) is 0 Å². The van der Waals surface area contributed by atoms with E-state index in [1.165, 1.54) is 12.4 Å². The van der Waals surface area contributed by atoms with Crippen LogP contribution in [0.4, 0.5) is 30.8 Å². The first-order valence-electron chi connectivity index (χ1n) is 8.85. The number of nitrogens with zero attached hydrogens (tertiary/aromatic N) is 4. The Kier molecular flexibility index (Phi) is 6.36. The van der Waals surface area contributed by atoms with E-state index in [2.05, 4.69) is 30.6 Å². The van der Waals surface area contributed by atoms with Crippen LogP contribution in [0.5, 0.6) is 0 Å². The van der Waals surface area contributed by atoms with Gasteiger partial charge in [-0.2, -0.15) is 13.2 Å². The lowest BCUT2D eigenvalue weighted by atomic mass is 10.1. The molecule has 164 valence electrons. The number of primary sulfonamides is 1. The fraction of sp³-hybridized carbons (Fsp3) is 0.222. The van der Waals surface area contributed by atoms with Crippen molar-refractivity contribution in [2.45, 2.75) is 13.1 Å². The van der Waals surface area contributed by atoms with Crippen molar-refractivity contribution >= 4 is 27.6 Å². The lowest BCUT2D eigenvalue weighted by molar-refractivity contribution is -0.141. The number of hydrogen-bond acceptors (Lipinski definition) is 8. The molecule has 3 rings (SSSR count). The molecule has 4 N–H and O–H groups in total. The van der Waals surface area contributed by atoms with Crippen LogP contribution >= 0.6 is 0 Å². The summed E-state index contributed by atoms with van der Waals surface area (Å²) in [6, 6.07) is 6.08. The highest BCUT2D eigenvalue weighted by Crippen LogP contribution is 2.29. The molecule has 0 atom stereocenters. The molecule has 9 nitrogen and oxygen atoms in total. The molecule has 13 heteroatoms. The van der Waals surface area contributed by atoms with Crippen molar-refractivity contribution in [1.82, 2.24) is 19.9 Å². The molecule has 0 radical (unpaired) electrons. The maximum absolute atomic E-state index is 12.9. The second-order valence-electron chi connectivity index (χ2n) is 6.57. The van der Waals surface area contributed by atoms with Gasteiger partial charge in [-0.05, 0) is 36.2 Å². The normalized spacial score (nSPS) is 11.9. The van der Waals surface area contributed by atoms with Crippen LogP contribution in [-0.4, -0.2) is 40.7 Å². The minimum absolute atomic E-state index is 0.0632. The largest absolute Gasteiger partial charge is 0.433 e. The number of nitrogens with two attached hydrogens (primary N) is 1. The van der Waals surface area contributed by atoms with Crippen molar-refractivity contribution in [3.63, 3.8) is 0 Å². The molecule has 0 aliphatic carbocycles. The Bertz CT molecular complexity index is 1170. The number of aromatic nitrogens is 4. The van der Waals surface area contributed by atoms with E-state index in [4.69, 9.17) is 5.14 Å². The molecule has 0 fully saturated rings. The van der Waals surface area contributed by atoms with E-state index in [0.29, 0.717) is 16.8 Å². The number of sulfonamides is 1. The highest BCUT2D eigenvalue weighted by Gasteiger charge is 2.32. The van der Waals surface area contributed by atoms with Gasteiger partial charge in [-0.25, -0.2) is 33.5 Å². The first-order valence-corrected chi connectivity index (χ1v) is 10.6. The van der Waals surface area contributed by atoms with Crippen molar-refractivity contribution in [2.24, 2.45) is 5.14 Å². The molecule has 0 bridgehead atoms. The number of alkyl halides is 3. The molecule has 1 aromatic carbocycles. The molecule has 0 unspecified atom stereocenters. The molecule has 0 amide bonds. The molecule has 0 saturated carbocycles. The van der Waals surface area contributed by atoms with Gasteiger partial charge in [0.1, 0.15) is 5.69 Å². The minimum atomic E-state index is -4.57. The first-order chi connectivity index (χ1) is 14.5. The van der Waals surface area contributed by atoms with Crippen molar-refractivity contribution in [2.75, 3.05) is 22.9 Å². The van der Waals surface area contributed by atoms with Crippen molar-refractivity contribution in [3.8, 4) is 11.1 Å². The monoisotopic (exact) mass is 453 g/mol. The predicted molar refractivity (Wildman–Crippen MR) is 109 cm³/mol. The third-order valence-corrected chi connectivity index (χ3v) is 4.71. The van der Waals surface area contributed by atoms with Crippen molar-refractivity contribution < 1.29 is 21.6 Å². The molecule has 0 spiro atoms. The van der Waals surface area contributed by atoms with Gasteiger partial charge in [0.05, 0.1) is 5.75 Å². The van der Waals surface area contributed by atoms with Gasteiger partial charge in [-0.1, -0.05) is 6.07 Å². The van der Waals surface area contributed by atoms with Crippen LogP contribution in [0.3, 0.4) is 0 Å². The minimum Gasteiger partial charge on any atom is -0.353 e. The fourth-order valence-corrected chi connectivity index (χ4v) is 2.99. The summed E-state index contributed by atoms with van der Waals surface area (Å²) >= 11 is 0. The van der Waals surface area contributed by atoms with Crippen LogP contribution < -0.4 is 15.8 Å². The van der Waals surface area contributed by atoms with E-state index >= 15 is 0 Å². The van der Waals surface area contributed by atoms with E-state index in [9.17, 15) is 21.6 Å². The van der Waals surface area contributed by atoms with Gasteiger partial charge in [0.25, 0.3) is 0 Å². The molecular formula is C18H18F3N7O2S. The summed E-state index contributed by atoms with van der Waals surface area (Å²) in [4.78, 5) is 15.6. The Labute approximate surface area is 176 Å². The zero-order chi connectivity index (χ0) is 22.6. The molecule has 0 aliphatic rings. The second kappa shape index (κ2) is 8.81. The highest BCUT2D eigenvalue weighted by molar-refractivity contribution is 7.89. The SMILES string of the molecule is Cc1cc(Nc2nccc(C(F)(F)F)n2)cc(-c2cnc(NCCS(N)(=O)=O)nc2)c1. The summed E-state index contributed by atoms with van der Waals surface area (Å²) in [5.74, 6) is -0.212. The van der Waals surface area contributed by atoms with E-state index in [1.54, 1.807) is 12.1 Å². The number of halogens is 3. The van der Waals surface area contributed by atoms with E-state index in [1.807, 2.05) is 13.0 Å². The number of hydrogen-bond donors (Lipinski definition) is 3. The first kappa shape index (κ1) is 22.4. The number of aryl methyl sites for hydroxylation is 1. The Balaban J connectivity index is 1.77. The lowest BCUT2D eigenvalue weighted by Crippen LogP contribution is -2.22. The quantitative estimate of drug-likeness (QED) is 0.497. The van der Waals surface area contributed by atoms with Crippen molar-refractivity contribution in [3.05, 3.63) is 54.1 Å². The maximum atomic E-state index is 12.9. The molecule has 2 heterocycles. The molecule has 0 saturated heterocycles. The summed E-state index contributed by atoms with van der Waals surface area (Å²) in [5.41, 5.74) is 1.64. The summed E-state index contributed by atoms with van der Waals surface area (Å²) in [6.07, 6.45) is -0.472. The number of benzene rings is 1. The summed E-state index contributed by atoms with van der Waals surface area (Å²) < 4.78 is 60.5. The fourth-order valence-electron chi connectivity index (χ4n) is 2.60. The molecule has 31 heavy (non-hydrogen) atoms. The van der Waals surface area contributed by atoms with Gasteiger partial charge in [0.15, 0.2) is 0 Å². The molecule has 0 aliphatic heterocycles. The van der Waals surface area contributed by atoms with Crippen LogP contribution in [0, 0.1) is 6.92 Å². The number of nitrogens with one attached hydrogen (secondary N) is 2. The van der Waals surface area contributed by atoms with Crippen LogP contribution in [0.15, 0.2) is 42.9 Å². The maximum Gasteiger partial charge on any atom is 0.433 e. The Morgan fingerprint density at radius 2 is 1.74 bits per heavy atom. The van der Waals surface area contributed by atoms with Crippen LogP contribution in [0.2, 0.25) is 0 Å². The highest BCUT2D eigenvalue weighted by atomic mass is 32.2. The topological polar surface area (TPSA) is 136 Å². The van der Waals surface area contributed by atoms with Gasteiger partial charge in [0.2, 0.25) is 21.9 Å². The standard InChI is InChI=1S/C18H18F3N7O2S/c1-11-6-12(13-9-25-16(26-10-13)24-4-5-31(22,29)30)8-14(7-11)27-17-23-3-2-15(28-17)18(19,20)21/h2-3,6-10H,4-5H2,1H3,(H2,22,29,30)(H,23,27,28)(H,24,25,26). The molecule has 3 aromatic rings. The second-order valence-corrected chi connectivity index (χ2v) is 8.30. The van der Waals surface area contributed by atoms with E-state index in [-0.39, 0.29) is 24.2 Å². The van der Waals surface area contributed by atoms with Gasteiger partial charge in [0, 0.05) is 36.4 Å². The van der Waals surface area contributed by atoms with Gasteiger partial charge >= 0.3 is 6.18 Å². The Hall–Kier alpha value is -3.32. The lowest BCUT2D eigenvalue weighted by Gasteiger charge is -2.11. The summed E-state index contributed by atoms with van der Waals surface area (Å²) in [7, 11) is -3.59. The molecular weight excluding hydrogens is 435 g/mol. The van der Waals surface area contributed by atoms with E-state index < -0.39 is 21.9 Å². The van der Waals surface area contributed by atoms with E-state index in [0.717, 1.165) is 17.8 Å². The van der Waals surface area contributed by atoms with Crippen LogP contribution in [-0.2, 0) is 16.2 Å². The van der Waals surface area contributed by atoms with Gasteiger partial charge < -0.3 is 10.6 Å². The molecule has 2 aromatic heterocycles.